The molecule has 1 heterocycles. The molecule has 0 saturated carbocycles. The van der Waals surface area contributed by atoms with Crippen LogP contribution in [0.15, 0.2) is 59.5 Å². The number of hydrogen-bond donors (Lipinski definition) is 1. The van der Waals surface area contributed by atoms with Gasteiger partial charge in [-0.2, -0.15) is 0 Å². The molecular formula is C19H17FN2O4S. The van der Waals surface area contributed by atoms with Crippen molar-refractivity contribution in [1.82, 2.24) is 10.2 Å². The molecule has 3 amide bonds. The van der Waals surface area contributed by atoms with Gasteiger partial charge < -0.3 is 10.1 Å². The summed E-state index contributed by atoms with van der Waals surface area (Å²) in [6.07, 6.45) is -0.712. The number of amides is 3. The molecule has 1 atom stereocenters. The lowest BCUT2D eigenvalue weighted by Crippen LogP contribution is -2.40. The molecule has 0 bridgehead atoms. The quantitative estimate of drug-likeness (QED) is 0.738. The summed E-state index contributed by atoms with van der Waals surface area (Å²) >= 11 is 1.27. The monoisotopic (exact) mass is 388 g/mol. The molecule has 3 rings (SSSR count). The largest absolute Gasteiger partial charge is 0.439 e. The third-order valence-electron chi connectivity index (χ3n) is 3.93. The number of rotatable bonds is 7. The maximum atomic E-state index is 12.9. The molecule has 2 aromatic rings. The number of imide groups is 1. The first kappa shape index (κ1) is 18.9. The van der Waals surface area contributed by atoms with E-state index in [9.17, 15) is 18.8 Å². The molecule has 1 N–H and O–H groups in total. The molecule has 0 aromatic heterocycles. The molecule has 1 aliphatic heterocycles. The fraction of sp³-hybridized carbons (Fsp3) is 0.211. The van der Waals surface area contributed by atoms with Crippen LogP contribution in [0.2, 0.25) is 0 Å². The Morgan fingerprint density at radius 2 is 1.85 bits per heavy atom. The summed E-state index contributed by atoms with van der Waals surface area (Å²) in [5, 5.41) is 2.85. The first-order valence-electron chi connectivity index (χ1n) is 8.23. The summed E-state index contributed by atoms with van der Waals surface area (Å²) in [5.74, 6) is -0.919. The first-order chi connectivity index (χ1) is 13.0. The van der Waals surface area contributed by atoms with Gasteiger partial charge >= 0.3 is 6.09 Å². The maximum absolute atomic E-state index is 12.9. The van der Waals surface area contributed by atoms with Gasteiger partial charge in [-0.25, -0.2) is 14.1 Å². The predicted octanol–water partition coefficient (Wildman–Crippen LogP) is 2.75. The smallest absolute Gasteiger partial charge is 0.417 e. The zero-order chi connectivity index (χ0) is 19.2. The molecule has 0 spiro atoms. The summed E-state index contributed by atoms with van der Waals surface area (Å²) in [7, 11) is 0. The van der Waals surface area contributed by atoms with E-state index in [0.29, 0.717) is 0 Å². The Morgan fingerprint density at radius 3 is 2.48 bits per heavy atom. The molecule has 1 unspecified atom stereocenters. The van der Waals surface area contributed by atoms with E-state index >= 15 is 0 Å². The van der Waals surface area contributed by atoms with Crippen molar-refractivity contribution in [2.24, 2.45) is 0 Å². The lowest BCUT2D eigenvalue weighted by atomic mass is 10.1. The van der Waals surface area contributed by atoms with Crippen LogP contribution in [0.1, 0.15) is 11.6 Å². The molecule has 6 nitrogen and oxygen atoms in total. The topological polar surface area (TPSA) is 75.7 Å². The normalized spacial score (nSPS) is 14.8. The SMILES string of the molecule is O=C(CSc1ccc(F)cc1)NC(CN1C(=O)COC1=O)c1ccccc1. The number of halogens is 1. The Hall–Kier alpha value is -2.87. The highest BCUT2D eigenvalue weighted by Crippen LogP contribution is 2.20. The van der Waals surface area contributed by atoms with E-state index in [1.54, 1.807) is 12.1 Å². The van der Waals surface area contributed by atoms with Gasteiger partial charge in [-0.15, -0.1) is 11.8 Å². The Bertz CT molecular complexity index is 813. The van der Waals surface area contributed by atoms with E-state index in [0.717, 1.165) is 15.4 Å². The molecule has 27 heavy (non-hydrogen) atoms. The van der Waals surface area contributed by atoms with Crippen LogP contribution in [0.4, 0.5) is 9.18 Å². The van der Waals surface area contributed by atoms with Crippen molar-refractivity contribution < 1.29 is 23.5 Å². The highest BCUT2D eigenvalue weighted by Gasteiger charge is 2.33. The number of thioether (sulfide) groups is 1. The highest BCUT2D eigenvalue weighted by atomic mass is 32.2. The predicted molar refractivity (Wildman–Crippen MR) is 97.5 cm³/mol. The molecular weight excluding hydrogens is 371 g/mol. The van der Waals surface area contributed by atoms with E-state index in [1.807, 2.05) is 30.3 Å². The van der Waals surface area contributed by atoms with Gasteiger partial charge in [0.25, 0.3) is 5.91 Å². The zero-order valence-corrected chi connectivity index (χ0v) is 15.1. The van der Waals surface area contributed by atoms with Crippen molar-refractivity contribution in [3.8, 4) is 0 Å². The lowest BCUT2D eigenvalue weighted by Gasteiger charge is -2.22. The summed E-state index contributed by atoms with van der Waals surface area (Å²) in [4.78, 5) is 37.7. The van der Waals surface area contributed by atoms with Crippen molar-refractivity contribution >= 4 is 29.7 Å². The fourth-order valence-electron chi connectivity index (χ4n) is 2.58. The number of nitrogens with one attached hydrogen (secondary N) is 1. The van der Waals surface area contributed by atoms with Crippen LogP contribution in [-0.2, 0) is 14.3 Å². The number of hydrogen-bond acceptors (Lipinski definition) is 5. The van der Waals surface area contributed by atoms with Crippen molar-refractivity contribution in [2.45, 2.75) is 10.9 Å². The Morgan fingerprint density at radius 1 is 1.15 bits per heavy atom. The van der Waals surface area contributed by atoms with Crippen LogP contribution in [0.5, 0.6) is 0 Å². The van der Waals surface area contributed by atoms with E-state index in [1.165, 1.54) is 23.9 Å². The Labute approximate surface area is 159 Å². The second kappa shape index (κ2) is 8.68. The van der Waals surface area contributed by atoms with E-state index in [4.69, 9.17) is 4.74 Å². The highest BCUT2D eigenvalue weighted by molar-refractivity contribution is 8.00. The molecule has 1 saturated heterocycles. The standard InChI is InChI=1S/C19H17FN2O4S/c20-14-6-8-15(9-7-14)27-12-17(23)21-16(13-4-2-1-3-5-13)10-22-18(24)11-26-19(22)25/h1-9,16H,10-12H2,(H,21,23). The number of carbonyl (C=O) groups is 3. The van der Waals surface area contributed by atoms with Gasteiger partial charge in [-0.1, -0.05) is 30.3 Å². The molecule has 1 aliphatic rings. The fourth-order valence-corrected chi connectivity index (χ4v) is 3.29. The third kappa shape index (κ3) is 5.07. The summed E-state index contributed by atoms with van der Waals surface area (Å²) in [6, 6.07) is 14.4. The molecule has 0 aliphatic carbocycles. The summed E-state index contributed by atoms with van der Waals surface area (Å²) < 4.78 is 17.7. The minimum absolute atomic E-state index is 0.00532. The Balaban J connectivity index is 1.65. The summed E-state index contributed by atoms with van der Waals surface area (Å²) in [6.45, 7) is -0.288. The second-order valence-corrected chi connectivity index (χ2v) is 6.88. The van der Waals surface area contributed by atoms with Crippen LogP contribution in [0.25, 0.3) is 0 Å². The van der Waals surface area contributed by atoms with E-state index in [-0.39, 0.29) is 30.6 Å². The van der Waals surface area contributed by atoms with Crippen molar-refractivity contribution in [3.05, 3.63) is 66.0 Å². The summed E-state index contributed by atoms with van der Waals surface area (Å²) in [5.41, 5.74) is 0.769. The van der Waals surface area contributed by atoms with Gasteiger partial charge in [0.1, 0.15) is 5.82 Å². The van der Waals surface area contributed by atoms with Gasteiger partial charge in [0.15, 0.2) is 6.61 Å². The van der Waals surface area contributed by atoms with Crippen LogP contribution >= 0.6 is 11.8 Å². The first-order valence-corrected chi connectivity index (χ1v) is 9.21. The number of carbonyl (C=O) groups excluding carboxylic acids is 3. The van der Waals surface area contributed by atoms with E-state index < -0.39 is 18.0 Å². The number of nitrogens with zero attached hydrogens (tertiary/aromatic N) is 1. The van der Waals surface area contributed by atoms with Gasteiger partial charge in [-0.05, 0) is 29.8 Å². The molecule has 2 aromatic carbocycles. The van der Waals surface area contributed by atoms with Crippen LogP contribution < -0.4 is 5.32 Å². The van der Waals surface area contributed by atoms with Gasteiger partial charge in [0, 0.05) is 4.90 Å². The molecule has 1 fully saturated rings. The lowest BCUT2D eigenvalue weighted by molar-refractivity contribution is -0.127. The van der Waals surface area contributed by atoms with Gasteiger partial charge in [0.2, 0.25) is 5.91 Å². The van der Waals surface area contributed by atoms with Crippen molar-refractivity contribution in [2.75, 3.05) is 18.9 Å². The minimum atomic E-state index is -0.712. The third-order valence-corrected chi connectivity index (χ3v) is 4.94. The average molecular weight is 388 g/mol. The van der Waals surface area contributed by atoms with Crippen LogP contribution in [-0.4, -0.2) is 41.7 Å². The van der Waals surface area contributed by atoms with E-state index in [2.05, 4.69) is 5.32 Å². The average Bonchev–Trinajstić information content (AvgIpc) is 2.99. The molecule has 140 valence electrons. The number of ether oxygens (including phenoxy) is 1. The minimum Gasteiger partial charge on any atom is -0.439 e. The second-order valence-electron chi connectivity index (χ2n) is 5.83. The number of benzene rings is 2. The number of cyclic esters (lactones) is 1. The molecule has 0 radical (unpaired) electrons. The maximum Gasteiger partial charge on any atom is 0.417 e. The van der Waals surface area contributed by atoms with Crippen molar-refractivity contribution in [1.29, 1.82) is 0 Å². The van der Waals surface area contributed by atoms with Crippen LogP contribution in [0, 0.1) is 5.82 Å². The van der Waals surface area contributed by atoms with Crippen LogP contribution in [0.3, 0.4) is 0 Å². The van der Waals surface area contributed by atoms with Gasteiger partial charge in [-0.3, -0.25) is 9.59 Å². The van der Waals surface area contributed by atoms with Gasteiger partial charge in [0.05, 0.1) is 18.3 Å². The van der Waals surface area contributed by atoms with Crippen molar-refractivity contribution in [3.63, 3.8) is 0 Å². The Kier molecular flexibility index (Phi) is 6.08. The zero-order valence-electron chi connectivity index (χ0n) is 14.3. The molecule has 8 heteroatoms.